The molecule has 2 aromatic carbocycles. The summed E-state index contributed by atoms with van der Waals surface area (Å²) in [7, 11) is 0. The fourth-order valence-corrected chi connectivity index (χ4v) is 4.23. The third-order valence-electron chi connectivity index (χ3n) is 4.83. The standard InChI is InChI=1S/C25H24N2O4S/c1-3-14-31-18-10-7-9-17(16-18)26-23-22(21-13-8-15-32-21)24(28)27(25(23)29)19-11-5-6-12-20(19)30-4-2/h5-13,15-16,26H,3-4,14H2,1-2H3. The molecule has 32 heavy (non-hydrogen) atoms. The van der Waals surface area contributed by atoms with Crippen molar-refractivity contribution in [3.8, 4) is 11.5 Å². The molecule has 0 atom stereocenters. The van der Waals surface area contributed by atoms with Gasteiger partial charge in [0.05, 0.1) is 24.5 Å². The van der Waals surface area contributed by atoms with Crippen LogP contribution >= 0.6 is 11.3 Å². The minimum absolute atomic E-state index is 0.233. The lowest BCUT2D eigenvalue weighted by molar-refractivity contribution is -0.120. The number of anilines is 2. The van der Waals surface area contributed by atoms with Crippen molar-refractivity contribution in [1.29, 1.82) is 0 Å². The van der Waals surface area contributed by atoms with Crippen LogP contribution in [0.15, 0.2) is 71.7 Å². The number of nitrogens with one attached hydrogen (secondary N) is 1. The lowest BCUT2D eigenvalue weighted by atomic mass is 10.2. The molecule has 0 unspecified atom stereocenters. The van der Waals surface area contributed by atoms with Gasteiger partial charge in [-0.05, 0) is 49.1 Å². The zero-order valence-electron chi connectivity index (χ0n) is 18.0. The smallest absolute Gasteiger partial charge is 0.282 e. The molecule has 0 fully saturated rings. The second-order valence-electron chi connectivity index (χ2n) is 7.08. The van der Waals surface area contributed by atoms with Crippen molar-refractivity contribution < 1.29 is 19.1 Å². The van der Waals surface area contributed by atoms with E-state index in [1.54, 1.807) is 18.2 Å². The normalized spacial score (nSPS) is 13.6. The Bertz CT molecular complexity index is 1150. The number of benzene rings is 2. The quantitative estimate of drug-likeness (QED) is 0.448. The maximum Gasteiger partial charge on any atom is 0.282 e. The van der Waals surface area contributed by atoms with Gasteiger partial charge in [-0.15, -0.1) is 11.3 Å². The van der Waals surface area contributed by atoms with Gasteiger partial charge in [0.2, 0.25) is 0 Å². The predicted molar refractivity (Wildman–Crippen MR) is 127 cm³/mol. The summed E-state index contributed by atoms with van der Waals surface area (Å²) >= 11 is 1.41. The first kappa shape index (κ1) is 21.6. The molecule has 0 bridgehead atoms. The minimum atomic E-state index is -0.426. The highest BCUT2D eigenvalue weighted by Crippen LogP contribution is 2.39. The summed E-state index contributed by atoms with van der Waals surface area (Å²) in [6.45, 7) is 4.93. The van der Waals surface area contributed by atoms with Crippen molar-refractivity contribution >= 4 is 40.1 Å². The molecule has 7 heteroatoms. The molecule has 0 spiro atoms. The third-order valence-corrected chi connectivity index (χ3v) is 5.72. The number of imide groups is 1. The molecule has 164 valence electrons. The van der Waals surface area contributed by atoms with E-state index >= 15 is 0 Å². The fourth-order valence-electron chi connectivity index (χ4n) is 3.46. The SMILES string of the molecule is CCCOc1cccc(NC2=C(c3cccs3)C(=O)N(c3ccccc3OCC)C2=O)c1. The van der Waals surface area contributed by atoms with Crippen molar-refractivity contribution in [2.75, 3.05) is 23.4 Å². The van der Waals surface area contributed by atoms with E-state index < -0.39 is 5.91 Å². The topological polar surface area (TPSA) is 67.9 Å². The number of hydrogen-bond donors (Lipinski definition) is 1. The van der Waals surface area contributed by atoms with Crippen molar-refractivity contribution in [3.63, 3.8) is 0 Å². The Kier molecular flexibility index (Phi) is 6.56. The minimum Gasteiger partial charge on any atom is -0.494 e. The average molecular weight is 449 g/mol. The molecule has 1 aliphatic rings. The molecule has 1 aliphatic heterocycles. The highest BCUT2D eigenvalue weighted by molar-refractivity contribution is 7.11. The maximum atomic E-state index is 13.5. The summed E-state index contributed by atoms with van der Waals surface area (Å²) in [6, 6.07) is 18.1. The average Bonchev–Trinajstić information content (AvgIpc) is 3.40. The molecule has 0 saturated heterocycles. The summed E-state index contributed by atoms with van der Waals surface area (Å²) in [5, 5.41) is 5.06. The van der Waals surface area contributed by atoms with Crippen LogP contribution < -0.4 is 19.7 Å². The number of ether oxygens (including phenoxy) is 2. The van der Waals surface area contributed by atoms with Crippen LogP contribution in [0.5, 0.6) is 11.5 Å². The van der Waals surface area contributed by atoms with Crippen LogP contribution in [0.4, 0.5) is 11.4 Å². The van der Waals surface area contributed by atoms with Gasteiger partial charge in [-0.25, -0.2) is 4.90 Å². The Morgan fingerprint density at radius 3 is 2.53 bits per heavy atom. The van der Waals surface area contributed by atoms with E-state index in [4.69, 9.17) is 9.47 Å². The maximum absolute atomic E-state index is 13.5. The number of thiophene rings is 1. The molecule has 2 heterocycles. The van der Waals surface area contributed by atoms with Crippen LogP contribution in [0.3, 0.4) is 0 Å². The van der Waals surface area contributed by atoms with Gasteiger partial charge in [-0.3, -0.25) is 9.59 Å². The van der Waals surface area contributed by atoms with Gasteiger partial charge >= 0.3 is 0 Å². The molecular weight excluding hydrogens is 424 g/mol. The van der Waals surface area contributed by atoms with Gasteiger partial charge in [-0.2, -0.15) is 0 Å². The van der Waals surface area contributed by atoms with Crippen LogP contribution in [0, 0.1) is 0 Å². The van der Waals surface area contributed by atoms with Gasteiger partial charge in [0.25, 0.3) is 11.8 Å². The van der Waals surface area contributed by atoms with Crippen molar-refractivity contribution in [3.05, 3.63) is 76.6 Å². The van der Waals surface area contributed by atoms with E-state index in [0.717, 1.165) is 11.3 Å². The zero-order chi connectivity index (χ0) is 22.5. The molecule has 0 saturated carbocycles. The van der Waals surface area contributed by atoms with Gasteiger partial charge in [-0.1, -0.05) is 31.2 Å². The van der Waals surface area contributed by atoms with Crippen LogP contribution in [0.25, 0.3) is 5.57 Å². The Balaban J connectivity index is 1.74. The number of rotatable bonds is 9. The summed E-state index contributed by atoms with van der Waals surface area (Å²) in [5.41, 5.74) is 1.67. The van der Waals surface area contributed by atoms with Crippen LogP contribution in [0.2, 0.25) is 0 Å². The molecular formula is C25H24N2O4S. The lowest BCUT2D eigenvalue weighted by Gasteiger charge is -2.19. The van der Waals surface area contributed by atoms with E-state index in [2.05, 4.69) is 5.32 Å². The summed E-state index contributed by atoms with van der Waals surface area (Å²) in [4.78, 5) is 29.0. The molecule has 0 aliphatic carbocycles. The van der Waals surface area contributed by atoms with Crippen molar-refractivity contribution in [2.24, 2.45) is 0 Å². The monoisotopic (exact) mass is 448 g/mol. The first-order chi connectivity index (χ1) is 15.6. The van der Waals surface area contributed by atoms with Gasteiger partial charge < -0.3 is 14.8 Å². The van der Waals surface area contributed by atoms with E-state index in [9.17, 15) is 9.59 Å². The van der Waals surface area contributed by atoms with Gasteiger partial charge in [0.15, 0.2) is 0 Å². The van der Waals surface area contributed by atoms with E-state index in [1.165, 1.54) is 16.2 Å². The zero-order valence-corrected chi connectivity index (χ0v) is 18.8. The second kappa shape index (κ2) is 9.70. The lowest BCUT2D eigenvalue weighted by Crippen LogP contribution is -2.32. The number of hydrogen-bond acceptors (Lipinski definition) is 6. The van der Waals surface area contributed by atoms with Gasteiger partial charge in [0, 0.05) is 16.6 Å². The summed E-state index contributed by atoms with van der Waals surface area (Å²) in [5.74, 6) is 0.375. The Hall–Kier alpha value is -3.58. The highest BCUT2D eigenvalue weighted by atomic mass is 32.1. The largest absolute Gasteiger partial charge is 0.494 e. The fraction of sp³-hybridized carbons (Fsp3) is 0.200. The predicted octanol–water partition coefficient (Wildman–Crippen LogP) is 5.33. The number of amides is 2. The number of carbonyl (C=O) groups is 2. The molecule has 4 rings (SSSR count). The van der Waals surface area contributed by atoms with Crippen LogP contribution in [-0.4, -0.2) is 25.0 Å². The molecule has 3 aromatic rings. The Morgan fingerprint density at radius 2 is 1.78 bits per heavy atom. The second-order valence-corrected chi connectivity index (χ2v) is 8.02. The molecule has 0 radical (unpaired) electrons. The van der Waals surface area contributed by atoms with Crippen molar-refractivity contribution in [2.45, 2.75) is 20.3 Å². The molecule has 1 aromatic heterocycles. The van der Waals surface area contributed by atoms with E-state index in [1.807, 2.05) is 61.7 Å². The highest BCUT2D eigenvalue weighted by Gasteiger charge is 2.41. The third kappa shape index (κ3) is 4.24. The van der Waals surface area contributed by atoms with Crippen LogP contribution in [0.1, 0.15) is 25.1 Å². The first-order valence-electron chi connectivity index (χ1n) is 10.5. The summed E-state index contributed by atoms with van der Waals surface area (Å²) in [6.07, 6.45) is 0.895. The number of para-hydroxylation sites is 2. The van der Waals surface area contributed by atoms with E-state index in [-0.39, 0.29) is 11.6 Å². The molecule has 2 amide bonds. The first-order valence-corrected chi connectivity index (χ1v) is 11.4. The Labute approximate surface area is 191 Å². The Morgan fingerprint density at radius 1 is 0.938 bits per heavy atom. The van der Waals surface area contributed by atoms with Crippen molar-refractivity contribution in [1.82, 2.24) is 0 Å². The van der Waals surface area contributed by atoms with Crippen LogP contribution in [-0.2, 0) is 9.59 Å². The number of nitrogens with zero attached hydrogens (tertiary/aromatic N) is 1. The number of carbonyl (C=O) groups excluding carboxylic acids is 2. The summed E-state index contributed by atoms with van der Waals surface area (Å²) < 4.78 is 11.4. The molecule has 6 nitrogen and oxygen atoms in total. The van der Waals surface area contributed by atoms with E-state index in [0.29, 0.717) is 41.7 Å². The molecule has 1 N–H and O–H groups in total. The van der Waals surface area contributed by atoms with Gasteiger partial charge in [0.1, 0.15) is 17.2 Å².